The predicted octanol–water partition coefficient (Wildman–Crippen LogP) is 3.03. The van der Waals surface area contributed by atoms with Gasteiger partial charge in [0.15, 0.2) is 0 Å². The normalized spacial score (nSPS) is 14.6. The van der Waals surface area contributed by atoms with Crippen LogP contribution < -0.4 is 10.9 Å². The smallest absolute Gasteiger partial charge is 0.261 e. The van der Waals surface area contributed by atoms with E-state index in [0.29, 0.717) is 35.3 Å². The average molecular weight is 426 g/mol. The number of nitrogens with one attached hydrogen (secondary N) is 1. The Morgan fingerprint density at radius 1 is 1.19 bits per heavy atom. The van der Waals surface area contributed by atoms with Crippen LogP contribution >= 0.6 is 15.9 Å². The first-order valence-corrected chi connectivity index (χ1v) is 9.31. The molecule has 136 valence electrons. The fourth-order valence-electron chi connectivity index (χ4n) is 3.17. The average Bonchev–Trinajstić information content (AvgIpc) is 2.96. The fourth-order valence-corrected chi connectivity index (χ4v) is 3.53. The van der Waals surface area contributed by atoms with E-state index in [1.807, 2.05) is 24.3 Å². The van der Waals surface area contributed by atoms with Gasteiger partial charge in [0.1, 0.15) is 5.82 Å². The van der Waals surface area contributed by atoms with E-state index in [2.05, 4.69) is 26.2 Å². The molecule has 0 atom stereocenters. The number of carbonyl (C=O) groups is 1. The molecule has 7 heteroatoms. The monoisotopic (exact) mass is 425 g/mol. The molecule has 1 amide bonds. The van der Waals surface area contributed by atoms with E-state index in [1.165, 1.54) is 4.57 Å². The molecule has 0 aliphatic carbocycles. The summed E-state index contributed by atoms with van der Waals surface area (Å²) in [6, 6.07) is 12.6. The Balaban J connectivity index is 1.94. The first kappa shape index (κ1) is 17.6. The van der Waals surface area contributed by atoms with Crippen molar-refractivity contribution in [3.8, 4) is 0 Å². The van der Waals surface area contributed by atoms with Gasteiger partial charge in [-0.1, -0.05) is 28.1 Å². The maximum atomic E-state index is 12.9. The summed E-state index contributed by atoms with van der Waals surface area (Å²) < 4.78 is 2.36. The number of hydrogen-bond acceptors (Lipinski definition) is 4. The molecule has 4 rings (SSSR count). The number of para-hydroxylation sites is 1. The van der Waals surface area contributed by atoms with E-state index in [4.69, 9.17) is 0 Å². The zero-order chi connectivity index (χ0) is 19.0. The van der Waals surface area contributed by atoms with Crippen LogP contribution in [0.3, 0.4) is 0 Å². The summed E-state index contributed by atoms with van der Waals surface area (Å²) in [5, 5.41) is 12.5. The van der Waals surface area contributed by atoms with Crippen LogP contribution in [0.4, 0.5) is 5.69 Å². The Hall–Kier alpha value is -2.77. The summed E-state index contributed by atoms with van der Waals surface area (Å²) in [6.45, 7) is 0.283. The third kappa shape index (κ3) is 3.20. The zero-order valence-corrected chi connectivity index (χ0v) is 15.9. The van der Waals surface area contributed by atoms with Gasteiger partial charge in [-0.2, -0.15) is 0 Å². The number of rotatable bonds is 4. The van der Waals surface area contributed by atoms with Crippen LogP contribution in [0.2, 0.25) is 0 Å². The molecule has 2 N–H and O–H groups in total. The number of aliphatic hydroxyl groups is 1. The summed E-state index contributed by atoms with van der Waals surface area (Å²) in [6.07, 6.45) is 2.06. The molecule has 0 bridgehead atoms. The van der Waals surface area contributed by atoms with Crippen molar-refractivity contribution >= 4 is 50.1 Å². The number of fused-ring (bicyclic) bond motifs is 2. The minimum atomic E-state index is -0.237. The SMILES string of the molecule is O=C1Nc2ccc(Br)cc2C1=Cc1nc2ccccc2c(=O)n1CCCO. The van der Waals surface area contributed by atoms with Gasteiger partial charge >= 0.3 is 0 Å². The number of aromatic nitrogens is 2. The number of carbonyl (C=O) groups excluding carboxylic acids is 1. The molecule has 0 unspecified atom stereocenters. The fraction of sp³-hybridized carbons (Fsp3) is 0.150. The molecule has 0 spiro atoms. The highest BCUT2D eigenvalue weighted by atomic mass is 79.9. The molecule has 0 saturated heterocycles. The molecule has 0 radical (unpaired) electrons. The van der Waals surface area contributed by atoms with E-state index in [0.717, 1.165) is 15.7 Å². The summed E-state index contributed by atoms with van der Waals surface area (Å²) in [4.78, 5) is 30.0. The van der Waals surface area contributed by atoms with E-state index < -0.39 is 0 Å². The second-order valence-electron chi connectivity index (χ2n) is 6.22. The maximum Gasteiger partial charge on any atom is 0.261 e. The molecule has 0 saturated carbocycles. The van der Waals surface area contributed by atoms with Gasteiger partial charge in [0.25, 0.3) is 11.5 Å². The van der Waals surface area contributed by atoms with Gasteiger partial charge in [-0.15, -0.1) is 0 Å². The van der Waals surface area contributed by atoms with Gasteiger partial charge in [-0.25, -0.2) is 4.98 Å². The third-order valence-corrected chi connectivity index (χ3v) is 4.96. The van der Waals surface area contributed by atoms with Gasteiger partial charge in [0.05, 0.1) is 16.5 Å². The first-order chi connectivity index (χ1) is 13.1. The van der Waals surface area contributed by atoms with E-state index in [1.54, 1.807) is 24.3 Å². The Kier molecular flexibility index (Phi) is 4.63. The molecule has 27 heavy (non-hydrogen) atoms. The van der Waals surface area contributed by atoms with Gasteiger partial charge < -0.3 is 10.4 Å². The number of amides is 1. The van der Waals surface area contributed by atoms with Crippen LogP contribution in [0.1, 0.15) is 17.8 Å². The molecule has 0 fully saturated rings. The summed E-state index contributed by atoms with van der Waals surface area (Å²) in [7, 11) is 0. The molecule has 2 aromatic carbocycles. The molecule has 3 aromatic rings. The number of halogens is 1. The van der Waals surface area contributed by atoms with E-state index in [9.17, 15) is 14.7 Å². The van der Waals surface area contributed by atoms with Crippen LogP contribution in [-0.4, -0.2) is 27.2 Å². The highest BCUT2D eigenvalue weighted by Gasteiger charge is 2.25. The number of hydrogen-bond donors (Lipinski definition) is 2. The summed E-state index contributed by atoms with van der Waals surface area (Å²) in [5.74, 6) is 0.157. The number of benzene rings is 2. The first-order valence-electron chi connectivity index (χ1n) is 8.52. The van der Waals surface area contributed by atoms with Gasteiger partial charge in [0, 0.05) is 28.9 Å². The Morgan fingerprint density at radius 3 is 2.81 bits per heavy atom. The van der Waals surface area contributed by atoms with E-state index in [-0.39, 0.29) is 18.1 Å². The lowest BCUT2D eigenvalue weighted by Gasteiger charge is -2.11. The van der Waals surface area contributed by atoms with Crippen molar-refractivity contribution in [3.63, 3.8) is 0 Å². The summed E-state index contributed by atoms with van der Waals surface area (Å²) >= 11 is 3.43. The van der Waals surface area contributed by atoms with Crippen molar-refractivity contribution in [1.29, 1.82) is 0 Å². The van der Waals surface area contributed by atoms with Crippen LogP contribution in [0.25, 0.3) is 22.6 Å². The number of nitrogens with zero attached hydrogens (tertiary/aromatic N) is 2. The summed E-state index contributed by atoms with van der Waals surface area (Å²) in [5.41, 5.74) is 2.31. The second kappa shape index (κ2) is 7.09. The van der Waals surface area contributed by atoms with Crippen molar-refractivity contribution in [2.24, 2.45) is 0 Å². The quantitative estimate of drug-likeness (QED) is 0.629. The number of anilines is 1. The predicted molar refractivity (Wildman–Crippen MR) is 108 cm³/mol. The largest absolute Gasteiger partial charge is 0.396 e. The van der Waals surface area contributed by atoms with Gasteiger partial charge in [-0.3, -0.25) is 14.2 Å². The van der Waals surface area contributed by atoms with Gasteiger partial charge in [0.2, 0.25) is 0 Å². The lowest BCUT2D eigenvalue weighted by molar-refractivity contribution is -0.110. The lowest BCUT2D eigenvalue weighted by Crippen LogP contribution is -2.24. The molecule has 1 aliphatic heterocycles. The Labute approximate surface area is 163 Å². The minimum absolute atomic E-state index is 0.0362. The molecule has 1 aliphatic rings. The second-order valence-corrected chi connectivity index (χ2v) is 7.14. The van der Waals surface area contributed by atoms with Gasteiger partial charge in [-0.05, 0) is 42.8 Å². The molecular formula is C20H16BrN3O3. The van der Waals surface area contributed by atoms with Crippen molar-refractivity contribution in [3.05, 3.63) is 68.7 Å². The topological polar surface area (TPSA) is 84.2 Å². The standard InChI is InChI=1S/C20H16BrN3O3/c21-12-6-7-17-14(10-12)15(19(26)23-17)11-18-22-16-5-2-1-4-13(16)20(27)24(18)8-3-9-25/h1-2,4-7,10-11,25H,3,8-9H2,(H,23,26). The maximum absolute atomic E-state index is 12.9. The highest BCUT2D eigenvalue weighted by Crippen LogP contribution is 2.34. The van der Waals surface area contributed by atoms with Crippen LogP contribution in [-0.2, 0) is 11.3 Å². The highest BCUT2D eigenvalue weighted by molar-refractivity contribution is 9.10. The molecule has 2 heterocycles. The molecular weight excluding hydrogens is 410 g/mol. The van der Waals surface area contributed by atoms with Crippen molar-refractivity contribution < 1.29 is 9.90 Å². The third-order valence-electron chi connectivity index (χ3n) is 4.47. The van der Waals surface area contributed by atoms with Crippen molar-refractivity contribution in [2.75, 3.05) is 11.9 Å². The van der Waals surface area contributed by atoms with E-state index >= 15 is 0 Å². The molecule has 6 nitrogen and oxygen atoms in total. The lowest BCUT2D eigenvalue weighted by atomic mass is 10.1. The molecule has 1 aromatic heterocycles. The minimum Gasteiger partial charge on any atom is -0.396 e. The van der Waals surface area contributed by atoms with Crippen molar-refractivity contribution in [1.82, 2.24) is 9.55 Å². The van der Waals surface area contributed by atoms with Crippen LogP contribution in [0.15, 0.2) is 51.7 Å². The zero-order valence-electron chi connectivity index (χ0n) is 14.3. The Morgan fingerprint density at radius 2 is 2.00 bits per heavy atom. The van der Waals surface area contributed by atoms with Crippen LogP contribution in [0, 0.1) is 0 Å². The van der Waals surface area contributed by atoms with Crippen molar-refractivity contribution in [2.45, 2.75) is 13.0 Å². The Bertz CT molecular complexity index is 1150. The van der Waals surface area contributed by atoms with Crippen LogP contribution in [0.5, 0.6) is 0 Å². The number of aliphatic hydroxyl groups excluding tert-OH is 1.